The molecule has 0 fully saturated rings. The first-order valence-corrected chi connectivity index (χ1v) is 15.4. The highest BCUT2D eigenvalue weighted by molar-refractivity contribution is 7.92. The van der Waals surface area contributed by atoms with Crippen molar-refractivity contribution >= 4 is 91.6 Å². The Labute approximate surface area is 258 Å². The third kappa shape index (κ3) is 7.62. The third-order valence-electron chi connectivity index (χ3n) is 5.92. The molecule has 2 unspecified atom stereocenters. The first-order chi connectivity index (χ1) is 18.5. The van der Waals surface area contributed by atoms with E-state index in [0.717, 1.165) is 11.1 Å². The average molecular weight is 657 g/mol. The highest BCUT2D eigenvalue weighted by Gasteiger charge is 2.34. The molecule has 0 aliphatic rings. The Balaban J connectivity index is 1.86. The van der Waals surface area contributed by atoms with E-state index in [2.05, 4.69) is 0 Å². The maximum Gasteiger partial charge on any atom is 0.171 e. The molecule has 200 valence electrons. The maximum absolute atomic E-state index is 14.5. The molecule has 0 spiro atoms. The zero-order valence-corrected chi connectivity index (χ0v) is 25.4. The van der Waals surface area contributed by atoms with Crippen molar-refractivity contribution in [2.24, 2.45) is 0 Å². The zero-order valence-electron chi connectivity index (χ0n) is 20.0. The summed E-state index contributed by atoms with van der Waals surface area (Å²) >= 11 is 37.0. The molecule has 4 aromatic rings. The van der Waals surface area contributed by atoms with Gasteiger partial charge in [-0.3, -0.25) is 0 Å². The van der Waals surface area contributed by atoms with E-state index in [-0.39, 0.29) is 10.0 Å². The van der Waals surface area contributed by atoms with Crippen LogP contribution in [0.3, 0.4) is 0 Å². The summed E-state index contributed by atoms with van der Waals surface area (Å²) in [6.07, 6.45) is 6.71. The van der Waals surface area contributed by atoms with Crippen molar-refractivity contribution in [3.05, 3.63) is 149 Å². The predicted octanol–water partition coefficient (Wildman–Crippen LogP) is 11.2. The van der Waals surface area contributed by atoms with Crippen LogP contribution in [-0.2, 0) is 9.84 Å². The minimum Gasteiger partial charge on any atom is -0.227 e. The van der Waals surface area contributed by atoms with E-state index in [1.54, 1.807) is 109 Å². The van der Waals surface area contributed by atoms with Crippen LogP contribution in [0, 0.1) is 0 Å². The summed E-state index contributed by atoms with van der Waals surface area (Å²) in [4.78, 5) is 0. The molecule has 0 radical (unpaired) electrons. The molecule has 2 atom stereocenters. The fraction of sp³-hybridized carbons (Fsp3) is 0.0667. The molecular weight excluding hydrogens is 637 g/mol. The summed E-state index contributed by atoms with van der Waals surface area (Å²) in [5.74, 6) is 0. The molecule has 0 saturated heterocycles. The van der Waals surface area contributed by atoms with Gasteiger partial charge >= 0.3 is 0 Å². The van der Waals surface area contributed by atoms with Crippen molar-refractivity contribution < 1.29 is 8.42 Å². The standard InChI is InChI=1S/C30H20Cl6O2S/c31-23-9-1-19(2-10-23)5-15-29(21-7-13-25(33)27(35)17-21)39(37,38)30(22-8-14-26(34)28(36)18-22)16-6-20-3-11-24(32)12-4-20/h1-18,29-30H/b15-5+,16-6+. The van der Waals surface area contributed by atoms with Gasteiger partial charge < -0.3 is 0 Å². The second-order valence-corrected chi connectivity index (χ2v) is 13.3. The Morgan fingerprint density at radius 1 is 0.487 bits per heavy atom. The largest absolute Gasteiger partial charge is 0.227 e. The Morgan fingerprint density at radius 3 is 1.18 bits per heavy atom. The van der Waals surface area contributed by atoms with Crippen LogP contribution >= 0.6 is 69.6 Å². The predicted molar refractivity (Wildman–Crippen MR) is 168 cm³/mol. The van der Waals surface area contributed by atoms with Crippen LogP contribution in [0.15, 0.2) is 97.1 Å². The average Bonchev–Trinajstić information content (AvgIpc) is 2.90. The SMILES string of the molecule is O=S(=O)(C(/C=C/c1ccc(Cl)cc1)c1ccc(Cl)c(Cl)c1)C(/C=C/c1ccc(Cl)cc1)c1ccc(Cl)c(Cl)c1. The second kappa shape index (κ2) is 13.1. The number of hydrogen-bond acceptors (Lipinski definition) is 2. The number of rotatable bonds is 8. The van der Waals surface area contributed by atoms with Crippen LogP contribution in [0.2, 0.25) is 30.1 Å². The van der Waals surface area contributed by atoms with Crippen LogP contribution in [0.5, 0.6) is 0 Å². The quantitative estimate of drug-likeness (QED) is 0.189. The van der Waals surface area contributed by atoms with Crippen molar-refractivity contribution in [3.63, 3.8) is 0 Å². The van der Waals surface area contributed by atoms with Crippen LogP contribution in [-0.4, -0.2) is 8.42 Å². The van der Waals surface area contributed by atoms with Crippen LogP contribution in [0.25, 0.3) is 12.2 Å². The van der Waals surface area contributed by atoms with Gasteiger partial charge in [-0.25, -0.2) is 8.42 Å². The molecular formula is C30H20Cl6O2S. The van der Waals surface area contributed by atoms with Gasteiger partial charge in [0.05, 0.1) is 20.1 Å². The molecule has 4 rings (SSSR count). The Kier molecular flexibility index (Phi) is 10.1. The molecule has 0 aliphatic carbocycles. The minimum atomic E-state index is -4.01. The fourth-order valence-electron chi connectivity index (χ4n) is 3.90. The first kappa shape index (κ1) is 30.0. The van der Waals surface area contributed by atoms with E-state index in [1.165, 1.54) is 0 Å². The number of halogens is 6. The van der Waals surface area contributed by atoms with Crippen molar-refractivity contribution in [1.29, 1.82) is 0 Å². The zero-order chi connectivity index (χ0) is 28.2. The molecule has 0 saturated carbocycles. The smallest absolute Gasteiger partial charge is 0.171 e. The molecule has 39 heavy (non-hydrogen) atoms. The number of sulfone groups is 1. The summed E-state index contributed by atoms with van der Waals surface area (Å²) in [7, 11) is -4.01. The summed E-state index contributed by atoms with van der Waals surface area (Å²) < 4.78 is 29.0. The normalized spacial score (nSPS) is 13.7. The third-order valence-corrected chi connectivity index (χ3v) is 10.2. The highest BCUT2D eigenvalue weighted by atomic mass is 35.5. The van der Waals surface area contributed by atoms with Gasteiger partial charge in [0.15, 0.2) is 9.84 Å². The molecule has 0 amide bonds. The lowest BCUT2D eigenvalue weighted by molar-refractivity contribution is 0.584. The lowest BCUT2D eigenvalue weighted by Gasteiger charge is -2.22. The van der Waals surface area contributed by atoms with Gasteiger partial charge in [-0.2, -0.15) is 0 Å². The molecule has 0 bridgehead atoms. The summed E-state index contributed by atoms with van der Waals surface area (Å²) in [6.45, 7) is 0. The van der Waals surface area contributed by atoms with E-state index >= 15 is 0 Å². The second-order valence-electron chi connectivity index (χ2n) is 8.60. The summed E-state index contributed by atoms with van der Waals surface area (Å²) in [6, 6.07) is 23.7. The lowest BCUT2D eigenvalue weighted by atomic mass is 10.1. The van der Waals surface area contributed by atoms with E-state index < -0.39 is 20.3 Å². The van der Waals surface area contributed by atoms with Crippen molar-refractivity contribution in [3.8, 4) is 0 Å². The van der Waals surface area contributed by atoms with E-state index in [9.17, 15) is 8.42 Å². The minimum absolute atomic E-state index is 0.247. The van der Waals surface area contributed by atoms with Gasteiger partial charge in [-0.15, -0.1) is 0 Å². The Hall–Kier alpha value is -1.95. The topological polar surface area (TPSA) is 34.1 Å². The Bertz CT molecular complexity index is 1510. The van der Waals surface area contributed by atoms with Gasteiger partial charge in [0.1, 0.15) is 10.5 Å². The van der Waals surface area contributed by atoms with Crippen molar-refractivity contribution in [1.82, 2.24) is 0 Å². The van der Waals surface area contributed by atoms with Gasteiger partial charge in [0.25, 0.3) is 0 Å². The molecule has 0 N–H and O–H groups in total. The fourth-order valence-corrected chi connectivity index (χ4v) is 6.73. The van der Waals surface area contributed by atoms with Crippen molar-refractivity contribution in [2.45, 2.75) is 10.5 Å². The number of hydrogen-bond donors (Lipinski definition) is 0. The molecule has 4 aromatic carbocycles. The highest BCUT2D eigenvalue weighted by Crippen LogP contribution is 2.40. The monoisotopic (exact) mass is 654 g/mol. The van der Waals surface area contributed by atoms with Crippen LogP contribution < -0.4 is 0 Å². The summed E-state index contributed by atoms with van der Waals surface area (Å²) in [5, 5.41) is 0.119. The van der Waals surface area contributed by atoms with Gasteiger partial charge in [-0.05, 0) is 70.8 Å². The molecule has 9 heteroatoms. The van der Waals surface area contributed by atoms with Crippen LogP contribution in [0.1, 0.15) is 32.8 Å². The molecule has 0 aliphatic heterocycles. The van der Waals surface area contributed by atoms with E-state index in [1.807, 2.05) is 0 Å². The summed E-state index contributed by atoms with van der Waals surface area (Å²) in [5.41, 5.74) is 2.48. The van der Waals surface area contributed by atoms with Gasteiger partial charge in [0, 0.05) is 10.0 Å². The molecule has 2 nitrogen and oxygen atoms in total. The van der Waals surface area contributed by atoms with Gasteiger partial charge in [-0.1, -0.05) is 130 Å². The molecule has 0 heterocycles. The van der Waals surface area contributed by atoms with Crippen LogP contribution in [0.4, 0.5) is 0 Å². The van der Waals surface area contributed by atoms with Gasteiger partial charge in [0.2, 0.25) is 0 Å². The molecule has 0 aromatic heterocycles. The van der Waals surface area contributed by atoms with Crippen molar-refractivity contribution in [2.75, 3.05) is 0 Å². The maximum atomic E-state index is 14.5. The lowest BCUT2D eigenvalue weighted by Crippen LogP contribution is -2.19. The first-order valence-electron chi connectivity index (χ1n) is 11.5. The van der Waals surface area contributed by atoms with E-state index in [4.69, 9.17) is 69.6 Å². The number of benzene rings is 4. The Morgan fingerprint density at radius 2 is 0.846 bits per heavy atom. The van der Waals surface area contributed by atoms with E-state index in [0.29, 0.717) is 31.2 Å².